The first-order valence-corrected chi connectivity index (χ1v) is 9.07. The fraction of sp³-hybridized carbons (Fsp3) is 0.500. The summed E-state index contributed by atoms with van der Waals surface area (Å²) in [6.07, 6.45) is 3.45. The van der Waals surface area contributed by atoms with E-state index in [-0.39, 0.29) is 23.1 Å². The Hall–Kier alpha value is -2.97. The molecular formula is C18H24N6O3. The van der Waals surface area contributed by atoms with Crippen molar-refractivity contribution in [1.82, 2.24) is 20.1 Å². The van der Waals surface area contributed by atoms with Crippen molar-refractivity contribution < 1.29 is 9.72 Å². The van der Waals surface area contributed by atoms with Gasteiger partial charge in [-0.05, 0) is 38.8 Å². The summed E-state index contributed by atoms with van der Waals surface area (Å²) in [6.45, 7) is 5.57. The second-order valence-electron chi connectivity index (χ2n) is 6.99. The number of rotatable bonds is 5. The number of nitro benzene ring substituents is 1. The number of carbonyl (C=O) groups excluding carboxylic acids is 1. The Bertz CT molecular complexity index is 839. The Morgan fingerprint density at radius 3 is 2.63 bits per heavy atom. The Balaban J connectivity index is 1.78. The number of carbonyl (C=O) groups is 1. The van der Waals surface area contributed by atoms with Crippen molar-refractivity contribution in [3.8, 4) is 0 Å². The Morgan fingerprint density at radius 1 is 1.33 bits per heavy atom. The molecule has 0 atom stereocenters. The summed E-state index contributed by atoms with van der Waals surface area (Å²) in [5.41, 5.74) is 0.796. The van der Waals surface area contributed by atoms with E-state index in [1.165, 1.54) is 13.1 Å². The molecule has 3 rings (SSSR count). The van der Waals surface area contributed by atoms with Crippen molar-refractivity contribution in [2.75, 3.05) is 25.0 Å². The number of hydrogen-bond donors (Lipinski definition) is 1. The predicted molar refractivity (Wildman–Crippen MR) is 101 cm³/mol. The van der Waals surface area contributed by atoms with Crippen molar-refractivity contribution in [2.45, 2.75) is 38.6 Å². The van der Waals surface area contributed by atoms with Gasteiger partial charge in [0.25, 0.3) is 11.6 Å². The molecule has 144 valence electrons. The highest BCUT2D eigenvalue weighted by Gasteiger charge is 2.29. The highest BCUT2D eigenvalue weighted by molar-refractivity contribution is 5.95. The molecule has 0 aliphatic carbocycles. The average molecular weight is 372 g/mol. The topological polar surface area (TPSA) is 106 Å². The van der Waals surface area contributed by atoms with E-state index in [1.54, 1.807) is 18.5 Å². The maximum Gasteiger partial charge on any atom is 0.293 e. The van der Waals surface area contributed by atoms with Crippen molar-refractivity contribution in [1.29, 1.82) is 0 Å². The van der Waals surface area contributed by atoms with Crippen LogP contribution in [0, 0.1) is 10.1 Å². The SMILES string of the molecule is CNC(=O)c1ccc(N2CCC(c3nncn3C(C)C)CC2)c([N+](=O)[O-])c1. The first-order chi connectivity index (χ1) is 12.9. The monoisotopic (exact) mass is 372 g/mol. The van der Waals surface area contributed by atoms with E-state index < -0.39 is 4.92 Å². The molecule has 1 aliphatic rings. The lowest BCUT2D eigenvalue weighted by atomic mass is 9.95. The first-order valence-electron chi connectivity index (χ1n) is 9.07. The minimum atomic E-state index is -0.427. The summed E-state index contributed by atoms with van der Waals surface area (Å²) in [4.78, 5) is 24.9. The molecule has 1 aromatic carbocycles. The lowest BCUT2D eigenvalue weighted by Crippen LogP contribution is -2.34. The molecule has 2 heterocycles. The smallest absolute Gasteiger partial charge is 0.293 e. The van der Waals surface area contributed by atoms with E-state index in [9.17, 15) is 14.9 Å². The maximum absolute atomic E-state index is 11.8. The number of aromatic nitrogens is 3. The number of anilines is 1. The lowest BCUT2D eigenvalue weighted by Gasteiger charge is -2.33. The summed E-state index contributed by atoms with van der Waals surface area (Å²) in [7, 11) is 1.50. The molecule has 1 aliphatic heterocycles. The number of benzene rings is 1. The highest BCUT2D eigenvalue weighted by atomic mass is 16.6. The van der Waals surface area contributed by atoms with Gasteiger partial charge in [-0.25, -0.2) is 0 Å². The number of amides is 1. The van der Waals surface area contributed by atoms with Gasteiger partial charge in [0.15, 0.2) is 0 Å². The Kier molecular flexibility index (Phi) is 5.38. The number of nitrogens with one attached hydrogen (secondary N) is 1. The molecule has 1 amide bonds. The molecule has 0 spiro atoms. The van der Waals surface area contributed by atoms with Gasteiger partial charge in [0.2, 0.25) is 0 Å². The summed E-state index contributed by atoms with van der Waals surface area (Å²) < 4.78 is 2.08. The molecule has 0 bridgehead atoms. The fourth-order valence-electron chi connectivity index (χ4n) is 3.54. The van der Waals surface area contributed by atoms with Crippen molar-refractivity contribution in [2.24, 2.45) is 0 Å². The average Bonchev–Trinajstić information content (AvgIpc) is 3.17. The van der Waals surface area contributed by atoms with E-state index in [1.807, 2.05) is 4.90 Å². The molecule has 0 radical (unpaired) electrons. The zero-order valence-corrected chi connectivity index (χ0v) is 15.8. The normalized spacial score (nSPS) is 15.2. The Morgan fingerprint density at radius 2 is 2.04 bits per heavy atom. The van der Waals surface area contributed by atoms with Gasteiger partial charge in [-0.3, -0.25) is 14.9 Å². The fourth-order valence-corrected chi connectivity index (χ4v) is 3.54. The van der Waals surface area contributed by atoms with Gasteiger partial charge in [-0.15, -0.1) is 10.2 Å². The number of hydrogen-bond acceptors (Lipinski definition) is 6. The summed E-state index contributed by atoms with van der Waals surface area (Å²) >= 11 is 0. The zero-order valence-electron chi connectivity index (χ0n) is 15.8. The summed E-state index contributed by atoms with van der Waals surface area (Å²) in [5.74, 6) is 0.931. The molecule has 9 heteroatoms. The molecular weight excluding hydrogens is 348 g/mol. The van der Waals surface area contributed by atoms with Crippen LogP contribution in [-0.2, 0) is 0 Å². The zero-order chi connectivity index (χ0) is 19.6. The van der Waals surface area contributed by atoms with Crippen molar-refractivity contribution in [3.63, 3.8) is 0 Å². The van der Waals surface area contributed by atoms with Crippen LogP contribution in [0.3, 0.4) is 0 Å². The molecule has 9 nitrogen and oxygen atoms in total. The third-order valence-electron chi connectivity index (χ3n) is 5.02. The quantitative estimate of drug-likeness (QED) is 0.638. The largest absolute Gasteiger partial charge is 0.366 e. The van der Waals surface area contributed by atoms with Crippen molar-refractivity contribution >= 4 is 17.3 Å². The van der Waals surface area contributed by atoms with Gasteiger partial charge < -0.3 is 14.8 Å². The minimum Gasteiger partial charge on any atom is -0.366 e. The molecule has 2 aromatic rings. The van der Waals surface area contributed by atoms with Crippen LogP contribution < -0.4 is 10.2 Å². The summed E-state index contributed by atoms with van der Waals surface area (Å²) in [6, 6.07) is 4.93. The van der Waals surface area contributed by atoms with Gasteiger partial charge in [0, 0.05) is 43.7 Å². The van der Waals surface area contributed by atoms with Crippen LogP contribution in [0.5, 0.6) is 0 Å². The van der Waals surface area contributed by atoms with Crippen LogP contribution >= 0.6 is 0 Å². The van der Waals surface area contributed by atoms with Crippen LogP contribution in [0.1, 0.15) is 54.8 Å². The van der Waals surface area contributed by atoms with E-state index in [0.29, 0.717) is 24.8 Å². The van der Waals surface area contributed by atoms with E-state index in [2.05, 4.69) is 33.9 Å². The minimum absolute atomic E-state index is 0.0418. The second kappa shape index (κ2) is 7.73. The molecule has 1 fully saturated rings. The maximum atomic E-state index is 11.8. The van der Waals surface area contributed by atoms with Crippen LogP contribution in [0.2, 0.25) is 0 Å². The van der Waals surface area contributed by atoms with E-state index >= 15 is 0 Å². The summed E-state index contributed by atoms with van der Waals surface area (Å²) in [5, 5.41) is 22.3. The first kappa shape index (κ1) is 18.8. The molecule has 1 aromatic heterocycles. The van der Waals surface area contributed by atoms with Gasteiger partial charge in [0.05, 0.1) is 4.92 Å². The number of piperidine rings is 1. The lowest BCUT2D eigenvalue weighted by molar-refractivity contribution is -0.384. The van der Waals surface area contributed by atoms with E-state index in [4.69, 9.17) is 0 Å². The molecule has 1 N–H and O–H groups in total. The third-order valence-corrected chi connectivity index (χ3v) is 5.02. The molecule has 27 heavy (non-hydrogen) atoms. The van der Waals surface area contributed by atoms with Gasteiger partial charge in [-0.1, -0.05) is 0 Å². The second-order valence-corrected chi connectivity index (χ2v) is 6.99. The van der Waals surface area contributed by atoms with E-state index in [0.717, 1.165) is 18.7 Å². The van der Waals surface area contributed by atoms with Crippen LogP contribution in [0.15, 0.2) is 24.5 Å². The van der Waals surface area contributed by atoms with Crippen LogP contribution in [0.4, 0.5) is 11.4 Å². The van der Waals surface area contributed by atoms with Gasteiger partial charge >= 0.3 is 0 Å². The molecule has 1 saturated heterocycles. The molecule has 0 saturated carbocycles. The highest BCUT2D eigenvalue weighted by Crippen LogP contribution is 2.35. The number of nitro groups is 1. The molecule has 0 unspecified atom stereocenters. The van der Waals surface area contributed by atoms with Crippen LogP contribution in [-0.4, -0.2) is 45.7 Å². The third kappa shape index (κ3) is 3.76. The van der Waals surface area contributed by atoms with Gasteiger partial charge in [0.1, 0.15) is 17.8 Å². The predicted octanol–water partition coefficient (Wildman–Crippen LogP) is 2.51. The van der Waals surface area contributed by atoms with Crippen molar-refractivity contribution in [3.05, 3.63) is 46.0 Å². The van der Waals surface area contributed by atoms with Gasteiger partial charge in [-0.2, -0.15) is 0 Å². The Labute approximate surface area is 157 Å². The number of nitrogens with zero attached hydrogens (tertiary/aromatic N) is 5. The van der Waals surface area contributed by atoms with Crippen LogP contribution in [0.25, 0.3) is 0 Å². The standard InChI is InChI=1S/C18H24N6O3/c1-12(2)23-11-20-21-17(23)13-6-8-22(9-7-13)15-5-4-14(18(25)19-3)10-16(15)24(26)27/h4-5,10-13H,6-9H2,1-3H3,(H,19,25).